The van der Waals surface area contributed by atoms with Crippen LogP contribution < -0.4 is 5.56 Å². The van der Waals surface area contributed by atoms with E-state index in [4.69, 9.17) is 0 Å². The molecule has 0 aromatic carbocycles. The van der Waals surface area contributed by atoms with Crippen molar-refractivity contribution >= 4 is 29.5 Å². The zero-order valence-corrected chi connectivity index (χ0v) is 15.7. The highest BCUT2D eigenvalue weighted by molar-refractivity contribution is 7.15. The first kappa shape index (κ1) is 18.9. The number of aromatic amines is 1. The molecule has 1 N–H and O–H groups in total. The van der Waals surface area contributed by atoms with E-state index in [-0.39, 0.29) is 18.0 Å². The number of thiophene rings is 1. The van der Waals surface area contributed by atoms with Gasteiger partial charge in [0.25, 0.3) is 5.56 Å². The van der Waals surface area contributed by atoms with Crippen LogP contribution in [0.4, 0.5) is 0 Å². The molecule has 0 amide bonds. The summed E-state index contributed by atoms with van der Waals surface area (Å²) in [6.07, 6.45) is 2.09. The normalized spacial score (nSPS) is 15.3. The quantitative estimate of drug-likeness (QED) is 0.900. The van der Waals surface area contributed by atoms with Crippen LogP contribution in [0.5, 0.6) is 0 Å². The molecular formula is C18H23ClN2O2S. The summed E-state index contributed by atoms with van der Waals surface area (Å²) in [5.41, 5.74) is 2.88. The van der Waals surface area contributed by atoms with Crippen LogP contribution in [-0.4, -0.2) is 28.8 Å². The molecule has 3 rings (SSSR count). The highest BCUT2D eigenvalue weighted by Crippen LogP contribution is 2.31. The molecule has 130 valence electrons. The number of ketones is 1. The molecule has 3 heterocycles. The van der Waals surface area contributed by atoms with Gasteiger partial charge >= 0.3 is 0 Å². The molecule has 1 aliphatic rings. The first-order chi connectivity index (χ1) is 11.1. The number of carbonyl (C=O) groups excluding carboxylic acids is 1. The van der Waals surface area contributed by atoms with Gasteiger partial charge in [0.15, 0.2) is 0 Å². The van der Waals surface area contributed by atoms with Gasteiger partial charge in [-0.15, -0.1) is 23.7 Å². The van der Waals surface area contributed by atoms with E-state index in [1.165, 1.54) is 9.75 Å². The Balaban J connectivity index is 0.00000208. The number of rotatable bonds is 4. The van der Waals surface area contributed by atoms with Crippen molar-refractivity contribution in [3.05, 3.63) is 44.7 Å². The predicted molar refractivity (Wildman–Crippen MR) is 101 cm³/mol. The third kappa shape index (κ3) is 4.15. The van der Waals surface area contributed by atoms with Crippen molar-refractivity contribution in [1.82, 2.24) is 9.88 Å². The number of piperidine rings is 1. The van der Waals surface area contributed by atoms with Gasteiger partial charge in [0.1, 0.15) is 5.78 Å². The fourth-order valence-electron chi connectivity index (χ4n) is 2.97. The van der Waals surface area contributed by atoms with Gasteiger partial charge in [-0.2, -0.15) is 0 Å². The Bertz CT molecular complexity index is 772. The first-order valence-electron chi connectivity index (χ1n) is 8.12. The van der Waals surface area contributed by atoms with Crippen LogP contribution in [0.1, 0.15) is 35.9 Å². The molecule has 1 aliphatic heterocycles. The van der Waals surface area contributed by atoms with E-state index in [0.717, 1.165) is 42.9 Å². The molecule has 0 saturated carbocycles. The number of pyridine rings is 1. The third-order valence-corrected chi connectivity index (χ3v) is 5.52. The predicted octanol–water partition coefficient (Wildman–Crippen LogP) is 3.56. The summed E-state index contributed by atoms with van der Waals surface area (Å²) in [5.74, 6) is 0.379. The Kier molecular flexibility index (Phi) is 6.38. The largest absolute Gasteiger partial charge is 0.326 e. The van der Waals surface area contributed by atoms with Gasteiger partial charge in [0.2, 0.25) is 0 Å². The molecule has 0 spiro atoms. The SMILES string of the molecule is CCc1cc(-c2ccc(CN3CCC(=O)CC3)s2)c(C)[nH]c1=O.Cl. The van der Waals surface area contributed by atoms with Crippen LogP contribution in [0.25, 0.3) is 10.4 Å². The maximum atomic E-state index is 11.9. The number of hydrogen-bond acceptors (Lipinski definition) is 4. The van der Waals surface area contributed by atoms with Gasteiger partial charge in [-0.05, 0) is 31.5 Å². The zero-order chi connectivity index (χ0) is 16.4. The smallest absolute Gasteiger partial charge is 0.251 e. The monoisotopic (exact) mass is 366 g/mol. The summed E-state index contributed by atoms with van der Waals surface area (Å²) in [4.78, 5) is 31.0. The zero-order valence-electron chi connectivity index (χ0n) is 14.1. The van der Waals surface area contributed by atoms with E-state index < -0.39 is 0 Å². The fourth-order valence-corrected chi connectivity index (χ4v) is 4.10. The Morgan fingerprint density at radius 1 is 1.21 bits per heavy atom. The summed E-state index contributed by atoms with van der Waals surface area (Å²) in [6.45, 7) is 6.58. The van der Waals surface area contributed by atoms with E-state index in [9.17, 15) is 9.59 Å². The van der Waals surface area contributed by atoms with E-state index >= 15 is 0 Å². The lowest BCUT2D eigenvalue weighted by molar-refractivity contribution is -0.121. The number of likely N-dealkylation sites (tertiary alicyclic amines) is 1. The average Bonchev–Trinajstić information content (AvgIpc) is 2.98. The molecule has 0 bridgehead atoms. The standard InChI is InChI=1S/C18H22N2O2S.ClH/c1-3-13-10-16(12(2)19-18(13)22)17-5-4-15(23-17)11-20-8-6-14(21)7-9-20;/h4-5,10H,3,6-9,11H2,1-2H3,(H,19,22);1H. The van der Waals surface area contributed by atoms with Crippen LogP contribution in [0.3, 0.4) is 0 Å². The molecule has 24 heavy (non-hydrogen) atoms. The van der Waals surface area contributed by atoms with Gasteiger partial charge in [0, 0.05) is 59.1 Å². The van der Waals surface area contributed by atoms with Crippen molar-refractivity contribution in [2.45, 2.75) is 39.7 Å². The number of H-pyrrole nitrogens is 1. The minimum atomic E-state index is 0. The third-order valence-electron chi connectivity index (χ3n) is 4.42. The number of hydrogen-bond donors (Lipinski definition) is 1. The molecule has 6 heteroatoms. The van der Waals surface area contributed by atoms with Crippen LogP contribution in [0.2, 0.25) is 0 Å². The molecule has 2 aromatic heterocycles. The summed E-state index contributed by atoms with van der Waals surface area (Å²) >= 11 is 1.77. The molecule has 1 saturated heterocycles. The van der Waals surface area contributed by atoms with Gasteiger partial charge < -0.3 is 4.98 Å². The van der Waals surface area contributed by atoms with Gasteiger partial charge in [0.05, 0.1) is 0 Å². The van der Waals surface area contributed by atoms with Crippen LogP contribution in [-0.2, 0) is 17.8 Å². The van der Waals surface area contributed by atoms with Crippen molar-refractivity contribution in [2.24, 2.45) is 0 Å². The number of nitrogens with zero attached hydrogens (tertiary/aromatic N) is 1. The number of aromatic nitrogens is 1. The lowest BCUT2D eigenvalue weighted by Crippen LogP contribution is -2.32. The maximum Gasteiger partial charge on any atom is 0.251 e. The Morgan fingerprint density at radius 3 is 2.58 bits per heavy atom. The molecule has 2 aromatic rings. The van der Waals surface area contributed by atoms with E-state index in [1.54, 1.807) is 11.3 Å². The summed E-state index contributed by atoms with van der Waals surface area (Å²) in [5, 5.41) is 0. The number of aryl methyl sites for hydroxylation is 2. The van der Waals surface area contributed by atoms with Gasteiger partial charge in [-0.25, -0.2) is 0 Å². The minimum absolute atomic E-state index is 0. The number of halogens is 1. The van der Waals surface area contributed by atoms with Crippen molar-refractivity contribution in [3.8, 4) is 10.4 Å². The van der Waals surface area contributed by atoms with E-state index in [1.807, 2.05) is 19.9 Å². The highest BCUT2D eigenvalue weighted by Gasteiger charge is 2.17. The van der Waals surface area contributed by atoms with E-state index in [2.05, 4.69) is 22.0 Å². The van der Waals surface area contributed by atoms with Crippen molar-refractivity contribution in [2.75, 3.05) is 13.1 Å². The first-order valence-corrected chi connectivity index (χ1v) is 8.94. The fraction of sp³-hybridized carbons (Fsp3) is 0.444. The highest BCUT2D eigenvalue weighted by atomic mass is 35.5. The Morgan fingerprint density at radius 2 is 1.92 bits per heavy atom. The maximum absolute atomic E-state index is 11.9. The molecule has 4 nitrogen and oxygen atoms in total. The summed E-state index contributed by atoms with van der Waals surface area (Å²) in [6, 6.07) is 6.31. The second-order valence-corrected chi connectivity index (χ2v) is 7.27. The Hall–Kier alpha value is -1.43. The minimum Gasteiger partial charge on any atom is -0.326 e. The average molecular weight is 367 g/mol. The van der Waals surface area contributed by atoms with Crippen LogP contribution >= 0.6 is 23.7 Å². The van der Waals surface area contributed by atoms with Crippen molar-refractivity contribution < 1.29 is 4.79 Å². The number of Topliss-reactive ketones (excluding diaryl/α,β-unsaturated/α-hetero) is 1. The van der Waals surface area contributed by atoms with Crippen LogP contribution in [0, 0.1) is 6.92 Å². The van der Waals surface area contributed by atoms with E-state index in [0.29, 0.717) is 18.6 Å². The van der Waals surface area contributed by atoms with Crippen molar-refractivity contribution in [1.29, 1.82) is 0 Å². The molecule has 0 unspecified atom stereocenters. The van der Waals surface area contributed by atoms with Gasteiger partial charge in [-0.1, -0.05) is 6.92 Å². The Labute approximate surface area is 152 Å². The molecule has 0 aliphatic carbocycles. The number of nitrogens with one attached hydrogen (secondary N) is 1. The van der Waals surface area contributed by atoms with Crippen LogP contribution in [0.15, 0.2) is 23.0 Å². The topological polar surface area (TPSA) is 53.2 Å². The lowest BCUT2D eigenvalue weighted by atomic mass is 10.1. The molecular weight excluding hydrogens is 344 g/mol. The second-order valence-electron chi connectivity index (χ2n) is 6.10. The molecule has 1 fully saturated rings. The number of carbonyl (C=O) groups is 1. The second kappa shape index (κ2) is 8.10. The van der Waals surface area contributed by atoms with Gasteiger partial charge in [-0.3, -0.25) is 14.5 Å². The molecule has 0 radical (unpaired) electrons. The summed E-state index contributed by atoms with van der Waals surface area (Å²) in [7, 11) is 0. The van der Waals surface area contributed by atoms with Crippen molar-refractivity contribution in [3.63, 3.8) is 0 Å². The summed E-state index contributed by atoms with van der Waals surface area (Å²) < 4.78 is 0. The lowest BCUT2D eigenvalue weighted by Gasteiger charge is -2.24. The molecule has 0 atom stereocenters.